The molecule has 3 aromatic rings. The average Bonchev–Trinajstić information content (AvgIpc) is 3.37. The lowest BCUT2D eigenvalue weighted by atomic mass is 9.61. The smallest absolute Gasteiger partial charge is 0.239 e. The fourth-order valence-corrected chi connectivity index (χ4v) is 7.51. The van der Waals surface area contributed by atoms with Crippen molar-refractivity contribution in [2.24, 2.45) is 22.7 Å². The van der Waals surface area contributed by atoms with Crippen LogP contribution in [0.25, 0.3) is 11.1 Å². The van der Waals surface area contributed by atoms with Crippen molar-refractivity contribution in [2.75, 3.05) is 4.90 Å². The number of halogens is 1. The van der Waals surface area contributed by atoms with Gasteiger partial charge in [-0.05, 0) is 60.2 Å². The fraction of sp³-hybridized carbons (Fsp3) is 0.281. The Morgan fingerprint density at radius 3 is 1.95 bits per heavy atom. The number of rotatable bonds is 5. The summed E-state index contributed by atoms with van der Waals surface area (Å²) >= 11 is 6.40. The molecule has 3 aliphatic rings. The predicted molar refractivity (Wildman–Crippen MR) is 146 cm³/mol. The van der Waals surface area contributed by atoms with Gasteiger partial charge in [0.2, 0.25) is 11.8 Å². The van der Waals surface area contributed by atoms with Crippen LogP contribution in [0.15, 0.2) is 78.9 Å². The third kappa shape index (κ3) is 2.93. The maximum atomic E-state index is 14.6. The third-order valence-electron chi connectivity index (χ3n) is 8.73. The van der Waals surface area contributed by atoms with E-state index in [1.54, 1.807) is 12.1 Å². The van der Waals surface area contributed by atoms with Gasteiger partial charge < -0.3 is 0 Å². The van der Waals surface area contributed by atoms with Gasteiger partial charge in [-0.25, -0.2) is 4.90 Å². The Morgan fingerprint density at radius 2 is 1.38 bits per heavy atom. The second-order valence-electron chi connectivity index (χ2n) is 10.6. The molecule has 4 nitrogen and oxygen atoms in total. The SMILES string of the molecule is CCC[C@]12C(=O)[C@@](C)(C(c3ccccc3)=C1c1ccccc1)[C@@H]1C(=O)N(c3ccc(C)c(Cl)c3)C(=O)[C@@H]12. The number of hydrogen-bond donors (Lipinski definition) is 0. The minimum atomic E-state index is -1.12. The van der Waals surface area contributed by atoms with Crippen LogP contribution in [-0.4, -0.2) is 17.6 Å². The van der Waals surface area contributed by atoms with E-state index in [0.717, 1.165) is 27.8 Å². The summed E-state index contributed by atoms with van der Waals surface area (Å²) in [6.07, 6.45) is 1.21. The van der Waals surface area contributed by atoms with Crippen LogP contribution in [0.4, 0.5) is 5.69 Å². The van der Waals surface area contributed by atoms with Crippen molar-refractivity contribution in [3.05, 3.63) is 101 Å². The first-order chi connectivity index (χ1) is 17.8. The quantitative estimate of drug-likeness (QED) is 0.357. The number of nitrogens with zero attached hydrogens (tertiary/aromatic N) is 1. The van der Waals surface area contributed by atoms with Crippen LogP contribution in [0.3, 0.4) is 0 Å². The molecule has 3 aromatic carbocycles. The van der Waals surface area contributed by atoms with Gasteiger partial charge in [-0.2, -0.15) is 0 Å². The van der Waals surface area contributed by atoms with Crippen LogP contribution in [0.5, 0.6) is 0 Å². The number of Topliss-reactive ketones (excluding diaryl/α,β-unsaturated/α-hetero) is 1. The minimum absolute atomic E-state index is 0.00200. The Hall–Kier alpha value is -3.50. The van der Waals surface area contributed by atoms with Gasteiger partial charge in [0, 0.05) is 5.02 Å². The molecule has 2 bridgehead atoms. The molecule has 186 valence electrons. The summed E-state index contributed by atoms with van der Waals surface area (Å²) in [5, 5.41) is 0.497. The minimum Gasteiger partial charge on any atom is -0.298 e. The van der Waals surface area contributed by atoms with Crippen molar-refractivity contribution < 1.29 is 14.4 Å². The Kier molecular flexibility index (Phi) is 5.33. The third-order valence-corrected chi connectivity index (χ3v) is 9.14. The Bertz CT molecular complexity index is 1490. The molecule has 2 amide bonds. The summed E-state index contributed by atoms with van der Waals surface area (Å²) in [6.45, 7) is 5.81. The summed E-state index contributed by atoms with van der Waals surface area (Å²) in [5.41, 5.74) is 2.77. The van der Waals surface area contributed by atoms with Crippen LogP contribution in [0, 0.1) is 29.6 Å². The normalized spacial score (nSPS) is 28.4. The lowest BCUT2D eigenvalue weighted by molar-refractivity contribution is -0.134. The summed E-state index contributed by atoms with van der Waals surface area (Å²) in [6, 6.07) is 25.0. The van der Waals surface area contributed by atoms with Crippen LogP contribution < -0.4 is 4.90 Å². The maximum Gasteiger partial charge on any atom is 0.239 e. The predicted octanol–water partition coefficient (Wildman–Crippen LogP) is 6.75. The summed E-state index contributed by atoms with van der Waals surface area (Å²) in [5.74, 6) is -2.13. The zero-order chi connectivity index (χ0) is 26.1. The standard InChI is InChI=1S/C32H28ClNO3/c1-4-17-32-25(21-13-9-6-10-14-21)24(20-11-7-5-8-12-20)31(3,30(32)37)26-27(32)29(36)34(28(26)35)22-16-15-19(2)23(33)18-22/h5-16,18,26-27H,4,17H2,1-3H3/t26-,27+,31-,32-/m0/s1. The van der Waals surface area contributed by atoms with E-state index < -0.39 is 22.7 Å². The monoisotopic (exact) mass is 509 g/mol. The molecular weight excluding hydrogens is 482 g/mol. The highest BCUT2D eigenvalue weighted by Crippen LogP contribution is 2.75. The van der Waals surface area contributed by atoms with Crippen molar-refractivity contribution in [3.8, 4) is 0 Å². The van der Waals surface area contributed by atoms with Crippen molar-refractivity contribution in [1.82, 2.24) is 0 Å². The number of aryl methyl sites for hydroxylation is 1. The molecule has 5 heteroatoms. The number of carbonyl (C=O) groups is 3. The largest absolute Gasteiger partial charge is 0.298 e. The summed E-state index contributed by atoms with van der Waals surface area (Å²) in [7, 11) is 0. The molecule has 4 atom stereocenters. The zero-order valence-corrected chi connectivity index (χ0v) is 21.9. The van der Waals surface area contributed by atoms with E-state index >= 15 is 0 Å². The molecular formula is C32H28ClNO3. The number of anilines is 1. The topological polar surface area (TPSA) is 54.5 Å². The Balaban J connectivity index is 1.65. The van der Waals surface area contributed by atoms with Crippen molar-refractivity contribution in [1.29, 1.82) is 0 Å². The maximum absolute atomic E-state index is 14.6. The number of fused-ring (bicyclic) bond motifs is 5. The molecule has 0 aromatic heterocycles. The van der Waals surface area contributed by atoms with Crippen LogP contribution >= 0.6 is 11.6 Å². The molecule has 37 heavy (non-hydrogen) atoms. The average molecular weight is 510 g/mol. The van der Waals surface area contributed by atoms with E-state index in [0.29, 0.717) is 23.6 Å². The van der Waals surface area contributed by atoms with Gasteiger partial charge in [-0.1, -0.05) is 91.7 Å². The Labute approximate surface area is 221 Å². The van der Waals surface area contributed by atoms with Crippen molar-refractivity contribution in [3.63, 3.8) is 0 Å². The molecule has 1 saturated carbocycles. The van der Waals surface area contributed by atoms with Gasteiger partial charge in [0.25, 0.3) is 0 Å². The first-order valence-electron chi connectivity index (χ1n) is 12.8. The molecule has 1 heterocycles. The molecule has 2 fully saturated rings. The van der Waals surface area contributed by atoms with Gasteiger partial charge in [-0.15, -0.1) is 0 Å². The molecule has 1 saturated heterocycles. The number of amides is 2. The Morgan fingerprint density at radius 1 is 0.811 bits per heavy atom. The number of carbonyl (C=O) groups excluding carboxylic acids is 3. The highest BCUT2D eigenvalue weighted by atomic mass is 35.5. The zero-order valence-electron chi connectivity index (χ0n) is 21.1. The number of imide groups is 1. The van der Waals surface area contributed by atoms with E-state index in [-0.39, 0.29) is 17.6 Å². The first kappa shape index (κ1) is 23.9. The van der Waals surface area contributed by atoms with E-state index in [4.69, 9.17) is 11.6 Å². The van der Waals surface area contributed by atoms with E-state index in [1.807, 2.05) is 87.5 Å². The summed E-state index contributed by atoms with van der Waals surface area (Å²) in [4.78, 5) is 44.4. The molecule has 6 rings (SSSR count). The first-order valence-corrected chi connectivity index (χ1v) is 13.2. The van der Waals surface area contributed by atoms with Gasteiger partial charge in [0.05, 0.1) is 28.4 Å². The van der Waals surface area contributed by atoms with E-state index in [2.05, 4.69) is 0 Å². The lowest BCUT2D eigenvalue weighted by Crippen LogP contribution is -2.41. The van der Waals surface area contributed by atoms with E-state index in [9.17, 15) is 14.4 Å². The van der Waals surface area contributed by atoms with Crippen LogP contribution in [0.1, 0.15) is 43.4 Å². The van der Waals surface area contributed by atoms with Crippen LogP contribution in [0.2, 0.25) is 5.02 Å². The number of ketones is 1. The number of allylic oxidation sites excluding steroid dienone is 2. The second kappa shape index (κ2) is 8.26. The molecule has 0 unspecified atom stereocenters. The summed E-state index contributed by atoms with van der Waals surface area (Å²) < 4.78 is 0. The molecule has 0 N–H and O–H groups in total. The van der Waals surface area contributed by atoms with Gasteiger partial charge >= 0.3 is 0 Å². The fourth-order valence-electron chi connectivity index (χ4n) is 7.33. The van der Waals surface area contributed by atoms with Gasteiger partial charge in [0.1, 0.15) is 0 Å². The molecule has 2 aliphatic carbocycles. The highest BCUT2D eigenvalue weighted by Gasteiger charge is 2.80. The van der Waals surface area contributed by atoms with Crippen molar-refractivity contribution in [2.45, 2.75) is 33.6 Å². The van der Waals surface area contributed by atoms with Gasteiger partial charge in [-0.3, -0.25) is 14.4 Å². The van der Waals surface area contributed by atoms with Crippen LogP contribution in [-0.2, 0) is 14.4 Å². The van der Waals surface area contributed by atoms with Gasteiger partial charge in [0.15, 0.2) is 5.78 Å². The van der Waals surface area contributed by atoms with E-state index in [1.165, 1.54) is 4.90 Å². The lowest BCUT2D eigenvalue weighted by Gasteiger charge is -2.37. The van der Waals surface area contributed by atoms with Crippen molar-refractivity contribution >= 4 is 46.0 Å². The number of hydrogen-bond acceptors (Lipinski definition) is 3. The second-order valence-corrected chi connectivity index (χ2v) is 11.0. The molecule has 0 spiro atoms. The number of benzene rings is 3. The highest BCUT2D eigenvalue weighted by molar-refractivity contribution is 6.35. The molecule has 1 aliphatic heterocycles. The molecule has 0 radical (unpaired) electrons.